The van der Waals surface area contributed by atoms with Crippen molar-refractivity contribution >= 4 is 23.5 Å². The number of ketones is 1. The van der Waals surface area contributed by atoms with Gasteiger partial charge in [-0.1, -0.05) is 60.3 Å². The van der Waals surface area contributed by atoms with Gasteiger partial charge in [0.25, 0.3) is 11.1 Å². The first-order valence-electron chi connectivity index (χ1n) is 8.60. The first-order chi connectivity index (χ1) is 13.6. The summed E-state index contributed by atoms with van der Waals surface area (Å²) in [5.74, 6) is 0.711. The molecule has 2 aromatic carbocycles. The predicted molar refractivity (Wildman–Crippen MR) is 104 cm³/mol. The predicted octanol–water partition coefficient (Wildman–Crippen LogP) is 3.05. The lowest BCUT2D eigenvalue weighted by Crippen LogP contribution is -2.30. The van der Waals surface area contributed by atoms with Crippen LogP contribution in [0.25, 0.3) is 0 Å². The Bertz CT molecular complexity index is 943. The first-order valence-corrected chi connectivity index (χ1v) is 9.59. The highest BCUT2D eigenvalue weighted by atomic mass is 32.2. The average Bonchev–Trinajstić information content (AvgIpc) is 3.18. The van der Waals surface area contributed by atoms with Crippen molar-refractivity contribution in [3.05, 3.63) is 71.6 Å². The molecule has 0 aliphatic rings. The molecular weight excluding hydrogens is 378 g/mol. The van der Waals surface area contributed by atoms with Gasteiger partial charge in [-0.25, -0.2) is 0 Å². The molecule has 0 aliphatic carbocycles. The highest BCUT2D eigenvalue weighted by Crippen LogP contribution is 2.19. The Kier molecular flexibility index (Phi) is 6.80. The zero-order chi connectivity index (χ0) is 19.8. The summed E-state index contributed by atoms with van der Waals surface area (Å²) in [6.07, 6.45) is 0. The molecular formula is C20H19N3O4S. The molecule has 144 valence electrons. The normalized spacial score (nSPS) is 10.5. The van der Waals surface area contributed by atoms with E-state index >= 15 is 0 Å². The van der Waals surface area contributed by atoms with E-state index in [1.165, 1.54) is 0 Å². The molecule has 0 aliphatic heterocycles. The van der Waals surface area contributed by atoms with Gasteiger partial charge in [-0.2, -0.15) is 0 Å². The lowest BCUT2D eigenvalue weighted by atomic mass is 10.1. The zero-order valence-electron chi connectivity index (χ0n) is 15.3. The number of rotatable bonds is 9. The Morgan fingerprint density at radius 1 is 1.07 bits per heavy atom. The quantitative estimate of drug-likeness (QED) is 0.438. The fourth-order valence-corrected chi connectivity index (χ4v) is 2.91. The molecule has 3 rings (SSSR count). The minimum Gasteiger partial charge on any atom is -0.484 e. The summed E-state index contributed by atoms with van der Waals surface area (Å²) >= 11 is 1.10. The Morgan fingerprint density at radius 2 is 1.82 bits per heavy atom. The van der Waals surface area contributed by atoms with E-state index in [-0.39, 0.29) is 35.8 Å². The molecule has 28 heavy (non-hydrogen) atoms. The van der Waals surface area contributed by atoms with Crippen LogP contribution in [0.1, 0.15) is 21.8 Å². The summed E-state index contributed by atoms with van der Waals surface area (Å²) < 4.78 is 11.1. The van der Waals surface area contributed by atoms with Crippen molar-refractivity contribution in [3.8, 4) is 5.75 Å². The van der Waals surface area contributed by atoms with E-state index in [0.717, 1.165) is 23.1 Å². The number of nitrogens with zero attached hydrogens (tertiary/aromatic N) is 2. The molecule has 0 spiro atoms. The van der Waals surface area contributed by atoms with Crippen molar-refractivity contribution in [1.29, 1.82) is 0 Å². The van der Waals surface area contributed by atoms with E-state index in [0.29, 0.717) is 11.5 Å². The van der Waals surface area contributed by atoms with Gasteiger partial charge >= 0.3 is 0 Å². The monoisotopic (exact) mass is 397 g/mol. The zero-order valence-corrected chi connectivity index (χ0v) is 16.1. The molecule has 1 aromatic heterocycles. The third-order valence-corrected chi connectivity index (χ3v) is 4.58. The van der Waals surface area contributed by atoms with Gasteiger partial charge in [0.2, 0.25) is 5.91 Å². The standard InChI is InChI=1S/C20H19N3O4S/c1-14-7-5-6-10-17(14)26-12-19-22-23-20(27-19)28-13-18(25)21-11-16(24)15-8-3-2-4-9-15/h2-10H,11-13H2,1H3,(H,21,25). The molecule has 0 saturated heterocycles. The highest BCUT2D eigenvalue weighted by Gasteiger charge is 2.12. The molecule has 7 nitrogen and oxygen atoms in total. The topological polar surface area (TPSA) is 94.3 Å². The van der Waals surface area contributed by atoms with Gasteiger partial charge in [-0.15, -0.1) is 10.2 Å². The Labute approximate surface area is 166 Å². The van der Waals surface area contributed by atoms with E-state index < -0.39 is 0 Å². The number of benzene rings is 2. The third kappa shape index (κ3) is 5.68. The van der Waals surface area contributed by atoms with E-state index in [2.05, 4.69) is 15.5 Å². The van der Waals surface area contributed by atoms with Crippen molar-refractivity contribution in [1.82, 2.24) is 15.5 Å². The molecule has 0 atom stereocenters. The smallest absolute Gasteiger partial charge is 0.277 e. The fraction of sp³-hybridized carbons (Fsp3) is 0.200. The van der Waals surface area contributed by atoms with Crippen LogP contribution >= 0.6 is 11.8 Å². The first kappa shape index (κ1) is 19.6. The second-order valence-corrected chi connectivity index (χ2v) is 6.80. The number of aromatic nitrogens is 2. The molecule has 1 amide bonds. The molecule has 0 saturated carbocycles. The lowest BCUT2D eigenvalue weighted by Gasteiger charge is -2.05. The molecule has 0 bridgehead atoms. The number of thioether (sulfide) groups is 1. The second kappa shape index (κ2) is 9.70. The van der Waals surface area contributed by atoms with Crippen LogP contribution in [-0.4, -0.2) is 34.2 Å². The van der Waals surface area contributed by atoms with Crippen LogP contribution in [0.3, 0.4) is 0 Å². The number of Topliss-reactive ketones (excluding diaryl/α,β-unsaturated/α-hetero) is 1. The van der Waals surface area contributed by atoms with Crippen LogP contribution in [0, 0.1) is 6.92 Å². The van der Waals surface area contributed by atoms with Crippen LogP contribution in [-0.2, 0) is 11.4 Å². The van der Waals surface area contributed by atoms with Gasteiger partial charge in [-0.05, 0) is 18.6 Å². The minimum atomic E-state index is -0.287. The SMILES string of the molecule is Cc1ccccc1OCc1nnc(SCC(=O)NCC(=O)c2ccccc2)o1. The van der Waals surface area contributed by atoms with Crippen LogP contribution in [0.5, 0.6) is 5.75 Å². The van der Waals surface area contributed by atoms with E-state index in [1.54, 1.807) is 24.3 Å². The maximum atomic E-state index is 12.0. The second-order valence-electron chi connectivity index (χ2n) is 5.87. The lowest BCUT2D eigenvalue weighted by molar-refractivity contribution is -0.118. The van der Waals surface area contributed by atoms with Crippen LogP contribution < -0.4 is 10.1 Å². The Hall–Kier alpha value is -3.13. The largest absolute Gasteiger partial charge is 0.484 e. The number of aryl methyl sites for hydroxylation is 1. The number of carbonyl (C=O) groups is 2. The molecule has 0 fully saturated rings. The number of ether oxygens (including phenoxy) is 1. The number of carbonyl (C=O) groups excluding carboxylic acids is 2. The summed E-state index contributed by atoms with van der Waals surface area (Å²) in [7, 11) is 0. The van der Waals surface area contributed by atoms with E-state index in [4.69, 9.17) is 9.15 Å². The van der Waals surface area contributed by atoms with E-state index in [1.807, 2.05) is 37.3 Å². The fourth-order valence-electron chi connectivity index (χ4n) is 2.30. The van der Waals surface area contributed by atoms with Crippen molar-refractivity contribution in [2.75, 3.05) is 12.3 Å². The van der Waals surface area contributed by atoms with Crippen molar-refractivity contribution < 1.29 is 18.7 Å². The number of para-hydroxylation sites is 1. The van der Waals surface area contributed by atoms with Gasteiger partial charge in [0.1, 0.15) is 5.75 Å². The van der Waals surface area contributed by atoms with Crippen molar-refractivity contribution in [2.45, 2.75) is 18.8 Å². The minimum absolute atomic E-state index is 0.0528. The summed E-state index contributed by atoms with van der Waals surface area (Å²) in [6.45, 7) is 2.05. The Balaban J connectivity index is 1.41. The highest BCUT2D eigenvalue weighted by molar-refractivity contribution is 7.99. The number of nitrogens with one attached hydrogen (secondary N) is 1. The Morgan fingerprint density at radius 3 is 2.61 bits per heavy atom. The summed E-state index contributed by atoms with van der Waals surface area (Å²) in [5.41, 5.74) is 1.57. The maximum Gasteiger partial charge on any atom is 0.277 e. The van der Waals surface area contributed by atoms with Gasteiger partial charge in [0.15, 0.2) is 12.4 Å². The number of amides is 1. The van der Waals surface area contributed by atoms with Gasteiger partial charge in [0.05, 0.1) is 12.3 Å². The van der Waals surface area contributed by atoms with Crippen LogP contribution in [0.15, 0.2) is 64.2 Å². The van der Waals surface area contributed by atoms with Crippen molar-refractivity contribution in [2.24, 2.45) is 0 Å². The van der Waals surface area contributed by atoms with Gasteiger partial charge in [-0.3, -0.25) is 9.59 Å². The van der Waals surface area contributed by atoms with Crippen molar-refractivity contribution in [3.63, 3.8) is 0 Å². The third-order valence-electron chi connectivity index (χ3n) is 3.76. The maximum absolute atomic E-state index is 12.0. The van der Waals surface area contributed by atoms with Crippen LogP contribution in [0.2, 0.25) is 0 Å². The molecule has 0 radical (unpaired) electrons. The summed E-state index contributed by atoms with van der Waals surface area (Å²) in [6, 6.07) is 16.4. The van der Waals surface area contributed by atoms with Gasteiger partial charge < -0.3 is 14.5 Å². The number of hydrogen-bond acceptors (Lipinski definition) is 7. The summed E-state index contributed by atoms with van der Waals surface area (Å²) in [5, 5.41) is 10.6. The summed E-state index contributed by atoms with van der Waals surface area (Å²) in [4.78, 5) is 23.9. The molecule has 0 unspecified atom stereocenters. The molecule has 8 heteroatoms. The van der Waals surface area contributed by atoms with E-state index in [9.17, 15) is 9.59 Å². The number of hydrogen-bond donors (Lipinski definition) is 1. The molecule has 1 heterocycles. The molecule has 1 N–H and O–H groups in total. The van der Waals surface area contributed by atoms with Crippen LogP contribution in [0.4, 0.5) is 0 Å². The molecule has 3 aromatic rings. The van der Waals surface area contributed by atoms with Gasteiger partial charge in [0, 0.05) is 5.56 Å². The average molecular weight is 397 g/mol.